The van der Waals surface area contributed by atoms with Crippen LogP contribution in [0.2, 0.25) is 0 Å². The predicted octanol–water partition coefficient (Wildman–Crippen LogP) is 3.40. The molecule has 4 atom stereocenters. The lowest BCUT2D eigenvalue weighted by Gasteiger charge is -2.31. The standard InChI is InChI=1S/C27H27N3O4/c1-16-2-6-19(7-3-16)28-25(31)21-15-20(8-9-22(21)29-10-12-34-13-11-29)30-26(32)23-17-4-5-18(14-17)24(23)27(30)33/h2-9,15,17-18,23-24H,10-14H2,1H3,(H,28,31). The van der Waals surface area contributed by atoms with Gasteiger partial charge in [0, 0.05) is 24.5 Å². The number of nitrogens with one attached hydrogen (secondary N) is 1. The SMILES string of the molecule is Cc1ccc(NC(=O)c2cc(N3C(=O)C4C5C=CC(C5)C4C3=O)ccc2N2CCOCC2)cc1. The van der Waals surface area contributed by atoms with Crippen molar-refractivity contribution in [2.24, 2.45) is 23.7 Å². The summed E-state index contributed by atoms with van der Waals surface area (Å²) in [6.07, 6.45) is 5.06. The number of allylic oxidation sites excluding steroid dienone is 2. The lowest BCUT2D eigenvalue weighted by atomic mass is 9.85. The van der Waals surface area contributed by atoms with Crippen molar-refractivity contribution in [3.8, 4) is 0 Å². The number of aryl methyl sites for hydroxylation is 1. The molecule has 3 amide bonds. The number of anilines is 3. The molecule has 3 fully saturated rings. The monoisotopic (exact) mass is 457 g/mol. The van der Waals surface area contributed by atoms with Gasteiger partial charge in [0.15, 0.2) is 0 Å². The van der Waals surface area contributed by atoms with Crippen LogP contribution in [0.25, 0.3) is 0 Å². The van der Waals surface area contributed by atoms with E-state index in [4.69, 9.17) is 4.74 Å². The summed E-state index contributed by atoms with van der Waals surface area (Å²) in [5, 5.41) is 2.97. The number of carbonyl (C=O) groups is 3. The maximum atomic E-state index is 13.4. The van der Waals surface area contributed by atoms with Crippen LogP contribution in [0, 0.1) is 30.6 Å². The largest absolute Gasteiger partial charge is 0.378 e. The molecule has 0 radical (unpaired) electrons. The van der Waals surface area contributed by atoms with Gasteiger partial charge in [0.25, 0.3) is 5.91 Å². The predicted molar refractivity (Wildman–Crippen MR) is 129 cm³/mol. The Morgan fingerprint density at radius 2 is 1.59 bits per heavy atom. The molecule has 6 rings (SSSR count). The number of rotatable bonds is 4. The highest BCUT2D eigenvalue weighted by Crippen LogP contribution is 2.53. The summed E-state index contributed by atoms with van der Waals surface area (Å²) >= 11 is 0. The highest BCUT2D eigenvalue weighted by Gasteiger charge is 2.59. The Kier molecular flexibility index (Phi) is 5.03. The quantitative estimate of drug-likeness (QED) is 0.563. The molecule has 2 aromatic rings. The van der Waals surface area contributed by atoms with E-state index in [-0.39, 0.29) is 41.4 Å². The molecule has 0 spiro atoms. The van der Waals surface area contributed by atoms with Crippen LogP contribution in [0.3, 0.4) is 0 Å². The van der Waals surface area contributed by atoms with Crippen LogP contribution in [-0.2, 0) is 14.3 Å². The van der Waals surface area contributed by atoms with Gasteiger partial charge in [-0.25, -0.2) is 4.90 Å². The van der Waals surface area contributed by atoms with Gasteiger partial charge in [-0.15, -0.1) is 0 Å². The number of nitrogens with zero attached hydrogens (tertiary/aromatic N) is 2. The Morgan fingerprint density at radius 3 is 2.24 bits per heavy atom. The minimum absolute atomic E-state index is 0.143. The molecular weight excluding hydrogens is 430 g/mol. The van der Waals surface area contributed by atoms with Crippen LogP contribution < -0.4 is 15.1 Å². The molecule has 1 saturated carbocycles. The van der Waals surface area contributed by atoms with Gasteiger partial charge in [-0.2, -0.15) is 0 Å². The van der Waals surface area contributed by atoms with Crippen molar-refractivity contribution in [3.63, 3.8) is 0 Å². The Labute approximate surface area is 198 Å². The van der Waals surface area contributed by atoms with Gasteiger partial charge in [0.05, 0.1) is 36.3 Å². The number of hydrogen-bond donors (Lipinski definition) is 1. The van der Waals surface area contributed by atoms with E-state index in [1.165, 1.54) is 4.90 Å². The van der Waals surface area contributed by atoms with E-state index in [0.717, 1.165) is 17.7 Å². The number of imide groups is 1. The van der Waals surface area contributed by atoms with Crippen molar-refractivity contribution >= 4 is 34.8 Å². The van der Waals surface area contributed by atoms with Crippen molar-refractivity contribution in [2.45, 2.75) is 13.3 Å². The molecule has 0 aromatic heterocycles. The second-order valence-corrected chi connectivity index (χ2v) is 9.63. The van der Waals surface area contributed by atoms with Crippen LogP contribution >= 0.6 is 0 Å². The molecule has 2 aromatic carbocycles. The Bertz CT molecular complexity index is 1170. The Morgan fingerprint density at radius 1 is 0.941 bits per heavy atom. The normalized spacial score (nSPS) is 27.4. The molecule has 2 bridgehead atoms. The minimum atomic E-state index is -0.272. The van der Waals surface area contributed by atoms with Gasteiger partial charge in [-0.3, -0.25) is 14.4 Å². The number of amides is 3. The van der Waals surface area contributed by atoms with E-state index in [9.17, 15) is 14.4 Å². The number of benzene rings is 2. The summed E-state index contributed by atoms with van der Waals surface area (Å²) in [4.78, 5) is 43.5. The van der Waals surface area contributed by atoms with E-state index in [1.54, 1.807) is 12.1 Å². The zero-order chi connectivity index (χ0) is 23.4. The van der Waals surface area contributed by atoms with Gasteiger partial charge >= 0.3 is 0 Å². The summed E-state index contributed by atoms with van der Waals surface area (Å²) in [6.45, 7) is 4.51. The van der Waals surface area contributed by atoms with Crippen molar-refractivity contribution in [3.05, 3.63) is 65.7 Å². The average molecular weight is 458 g/mol. The van der Waals surface area contributed by atoms with Crippen LogP contribution in [0.15, 0.2) is 54.6 Å². The van der Waals surface area contributed by atoms with Crippen LogP contribution in [0.5, 0.6) is 0 Å². The van der Waals surface area contributed by atoms with E-state index < -0.39 is 0 Å². The van der Waals surface area contributed by atoms with E-state index in [0.29, 0.717) is 43.2 Å². The molecule has 4 unspecified atom stereocenters. The summed E-state index contributed by atoms with van der Waals surface area (Å²) in [5.41, 5.74) is 3.49. The first-order chi connectivity index (χ1) is 16.5. The second kappa shape index (κ2) is 8.09. The highest BCUT2D eigenvalue weighted by atomic mass is 16.5. The summed E-state index contributed by atoms with van der Waals surface area (Å²) < 4.78 is 5.48. The lowest BCUT2D eigenvalue weighted by molar-refractivity contribution is -0.123. The fourth-order valence-electron chi connectivity index (χ4n) is 5.92. The number of carbonyl (C=O) groups excluding carboxylic acids is 3. The summed E-state index contributed by atoms with van der Waals surface area (Å²) in [7, 11) is 0. The van der Waals surface area contributed by atoms with Gasteiger partial charge < -0.3 is 15.0 Å². The minimum Gasteiger partial charge on any atom is -0.378 e. The fraction of sp³-hybridized carbons (Fsp3) is 0.370. The molecular formula is C27H27N3O4. The molecule has 7 nitrogen and oxygen atoms in total. The smallest absolute Gasteiger partial charge is 0.257 e. The highest BCUT2D eigenvalue weighted by molar-refractivity contribution is 6.23. The fourth-order valence-corrected chi connectivity index (χ4v) is 5.92. The first-order valence-corrected chi connectivity index (χ1v) is 11.9. The first-order valence-electron chi connectivity index (χ1n) is 11.9. The first kappa shape index (κ1) is 21.1. The number of ether oxygens (including phenoxy) is 1. The van der Waals surface area contributed by atoms with Crippen LogP contribution in [0.4, 0.5) is 17.1 Å². The lowest BCUT2D eigenvalue weighted by Crippen LogP contribution is -2.38. The van der Waals surface area contributed by atoms with E-state index in [2.05, 4.69) is 22.4 Å². The molecule has 2 aliphatic carbocycles. The zero-order valence-corrected chi connectivity index (χ0v) is 19.1. The molecule has 34 heavy (non-hydrogen) atoms. The Hall–Kier alpha value is -3.45. The molecule has 2 heterocycles. The summed E-state index contributed by atoms with van der Waals surface area (Å²) in [6, 6.07) is 13.0. The number of fused-ring (bicyclic) bond motifs is 5. The van der Waals surface area contributed by atoms with Gasteiger partial charge in [-0.05, 0) is 55.5 Å². The maximum Gasteiger partial charge on any atom is 0.257 e. The molecule has 4 aliphatic rings. The van der Waals surface area contributed by atoms with Crippen molar-refractivity contribution in [1.82, 2.24) is 0 Å². The van der Waals surface area contributed by atoms with Gasteiger partial charge in [-0.1, -0.05) is 29.8 Å². The Balaban J connectivity index is 1.35. The topological polar surface area (TPSA) is 79.0 Å². The van der Waals surface area contributed by atoms with E-state index in [1.807, 2.05) is 37.3 Å². The third-order valence-electron chi connectivity index (χ3n) is 7.61. The van der Waals surface area contributed by atoms with Gasteiger partial charge in [0.1, 0.15) is 0 Å². The second-order valence-electron chi connectivity index (χ2n) is 9.63. The maximum absolute atomic E-state index is 13.4. The average Bonchev–Trinajstić information content (AvgIpc) is 3.54. The van der Waals surface area contributed by atoms with Gasteiger partial charge in [0.2, 0.25) is 11.8 Å². The number of hydrogen-bond acceptors (Lipinski definition) is 5. The van der Waals surface area contributed by atoms with Crippen molar-refractivity contribution in [2.75, 3.05) is 41.4 Å². The molecule has 1 N–H and O–H groups in total. The molecule has 7 heteroatoms. The third-order valence-corrected chi connectivity index (χ3v) is 7.61. The van der Waals surface area contributed by atoms with E-state index >= 15 is 0 Å². The summed E-state index contributed by atoms with van der Waals surface area (Å²) in [5.74, 6) is -0.806. The molecule has 2 aliphatic heterocycles. The molecule has 2 saturated heterocycles. The van der Waals surface area contributed by atoms with Crippen LogP contribution in [0.1, 0.15) is 22.3 Å². The van der Waals surface area contributed by atoms with Crippen molar-refractivity contribution in [1.29, 1.82) is 0 Å². The third kappa shape index (κ3) is 3.34. The van der Waals surface area contributed by atoms with Crippen molar-refractivity contribution < 1.29 is 19.1 Å². The zero-order valence-electron chi connectivity index (χ0n) is 19.1. The molecule has 174 valence electrons. The van der Waals surface area contributed by atoms with Crippen LogP contribution in [-0.4, -0.2) is 44.0 Å². The number of morpholine rings is 1.